The van der Waals surface area contributed by atoms with Crippen LogP contribution in [0.4, 0.5) is 0 Å². The van der Waals surface area contributed by atoms with Gasteiger partial charge in [0.2, 0.25) is 11.8 Å². The maximum Gasteiger partial charge on any atom is 0.234 e. The molecule has 0 aromatic carbocycles. The molecule has 0 aromatic rings. The molecule has 8 heteroatoms. The van der Waals surface area contributed by atoms with Crippen molar-refractivity contribution in [1.82, 2.24) is 25.8 Å². The molecule has 0 unspecified atom stereocenters. The number of amides is 2. The Morgan fingerprint density at radius 1 is 1.12 bits per heavy atom. The smallest absolute Gasteiger partial charge is 0.234 e. The van der Waals surface area contributed by atoms with Crippen molar-refractivity contribution >= 4 is 17.8 Å². The normalized spacial score (nSPS) is 18.8. The van der Waals surface area contributed by atoms with Crippen molar-refractivity contribution in [2.75, 3.05) is 52.4 Å². The van der Waals surface area contributed by atoms with Crippen molar-refractivity contribution < 1.29 is 9.59 Å². The van der Waals surface area contributed by atoms with Crippen molar-refractivity contribution in [3.63, 3.8) is 0 Å². The molecular formula is C18H34N6O2. The number of carbonyl (C=O) groups excluding carboxylic acids is 2. The number of aliphatic imine (C=N–C) groups is 1. The number of rotatable bonds is 8. The summed E-state index contributed by atoms with van der Waals surface area (Å²) in [5.74, 6) is 1.08. The number of hydrogen-bond acceptors (Lipinski definition) is 4. The minimum Gasteiger partial charge on any atom is -0.357 e. The number of nitrogens with one attached hydrogen (secondary N) is 3. The lowest BCUT2D eigenvalue weighted by molar-refractivity contribution is -0.124. The fourth-order valence-electron chi connectivity index (χ4n) is 2.79. The Kier molecular flexibility index (Phi) is 8.15. The highest BCUT2D eigenvalue weighted by atomic mass is 16.2. The Balaban J connectivity index is 1.72. The zero-order valence-electron chi connectivity index (χ0n) is 16.4. The van der Waals surface area contributed by atoms with Crippen LogP contribution in [-0.4, -0.2) is 86.0 Å². The van der Waals surface area contributed by atoms with Gasteiger partial charge < -0.3 is 20.9 Å². The van der Waals surface area contributed by atoms with Gasteiger partial charge in [-0.25, -0.2) is 0 Å². The third-order valence-electron chi connectivity index (χ3n) is 4.51. The molecule has 2 fully saturated rings. The number of hydrogen-bond donors (Lipinski definition) is 3. The molecule has 3 N–H and O–H groups in total. The fourth-order valence-corrected chi connectivity index (χ4v) is 2.79. The summed E-state index contributed by atoms with van der Waals surface area (Å²) in [4.78, 5) is 32.5. The maximum atomic E-state index is 11.9. The van der Waals surface area contributed by atoms with Crippen LogP contribution in [0.5, 0.6) is 0 Å². The lowest BCUT2D eigenvalue weighted by atomic mass is 10.2. The predicted molar refractivity (Wildman–Crippen MR) is 103 cm³/mol. The Morgan fingerprint density at radius 3 is 2.38 bits per heavy atom. The van der Waals surface area contributed by atoms with Gasteiger partial charge in [0.25, 0.3) is 0 Å². The van der Waals surface area contributed by atoms with E-state index in [9.17, 15) is 9.59 Å². The molecule has 1 heterocycles. The first-order valence-electron chi connectivity index (χ1n) is 9.82. The summed E-state index contributed by atoms with van der Waals surface area (Å²) < 4.78 is 0. The van der Waals surface area contributed by atoms with Crippen LogP contribution in [-0.2, 0) is 9.59 Å². The number of guanidine groups is 1. The molecule has 1 aliphatic heterocycles. The molecule has 8 nitrogen and oxygen atoms in total. The van der Waals surface area contributed by atoms with E-state index in [1.54, 1.807) is 0 Å². The van der Waals surface area contributed by atoms with Crippen LogP contribution >= 0.6 is 0 Å². The van der Waals surface area contributed by atoms with E-state index >= 15 is 0 Å². The van der Waals surface area contributed by atoms with Crippen LogP contribution in [0.25, 0.3) is 0 Å². The molecule has 1 saturated carbocycles. The van der Waals surface area contributed by atoms with Gasteiger partial charge >= 0.3 is 0 Å². The van der Waals surface area contributed by atoms with Gasteiger partial charge in [-0.05, 0) is 19.8 Å². The summed E-state index contributed by atoms with van der Waals surface area (Å²) in [6.45, 7) is 11.6. The van der Waals surface area contributed by atoms with E-state index < -0.39 is 0 Å². The molecule has 148 valence electrons. The van der Waals surface area contributed by atoms with Crippen molar-refractivity contribution in [3.8, 4) is 0 Å². The maximum absolute atomic E-state index is 11.9. The molecular weight excluding hydrogens is 332 g/mol. The highest BCUT2D eigenvalue weighted by Gasteiger charge is 2.25. The fraction of sp³-hybridized carbons (Fsp3) is 0.833. The molecule has 0 radical (unpaired) electrons. The van der Waals surface area contributed by atoms with Crippen molar-refractivity contribution in [3.05, 3.63) is 0 Å². The lowest BCUT2D eigenvalue weighted by Crippen LogP contribution is -2.54. The number of nitrogens with zero attached hydrogens (tertiary/aromatic N) is 3. The van der Waals surface area contributed by atoms with Gasteiger partial charge in [0.1, 0.15) is 0 Å². The SMILES string of the molecule is CCNC(=NCCNC(=O)C(C)C)N1CCN(CC(=O)NC2CC2)CC1. The summed E-state index contributed by atoms with van der Waals surface area (Å²) in [5, 5.41) is 9.25. The van der Waals surface area contributed by atoms with Gasteiger partial charge in [0.15, 0.2) is 5.96 Å². The monoisotopic (exact) mass is 366 g/mol. The minimum atomic E-state index is -0.00240. The summed E-state index contributed by atoms with van der Waals surface area (Å²) in [6.07, 6.45) is 2.25. The molecule has 1 aliphatic carbocycles. The van der Waals surface area contributed by atoms with Crippen LogP contribution in [0.1, 0.15) is 33.6 Å². The summed E-state index contributed by atoms with van der Waals surface area (Å²) in [5.41, 5.74) is 0. The lowest BCUT2D eigenvalue weighted by Gasteiger charge is -2.36. The van der Waals surface area contributed by atoms with Crippen LogP contribution in [0.3, 0.4) is 0 Å². The average molecular weight is 367 g/mol. The van der Waals surface area contributed by atoms with E-state index in [1.165, 1.54) is 0 Å². The van der Waals surface area contributed by atoms with E-state index in [0.29, 0.717) is 25.7 Å². The number of carbonyl (C=O) groups is 2. The zero-order valence-corrected chi connectivity index (χ0v) is 16.4. The summed E-state index contributed by atoms with van der Waals surface area (Å²) in [7, 11) is 0. The second-order valence-electron chi connectivity index (χ2n) is 7.29. The topological polar surface area (TPSA) is 89.1 Å². The molecule has 0 spiro atoms. The van der Waals surface area contributed by atoms with Crippen LogP contribution in [0.2, 0.25) is 0 Å². The van der Waals surface area contributed by atoms with Crippen molar-refractivity contribution in [2.45, 2.75) is 39.7 Å². The Labute approximate surface area is 156 Å². The van der Waals surface area contributed by atoms with Gasteiger partial charge in [0, 0.05) is 51.2 Å². The van der Waals surface area contributed by atoms with E-state index in [4.69, 9.17) is 0 Å². The van der Waals surface area contributed by atoms with Crippen LogP contribution < -0.4 is 16.0 Å². The molecule has 2 amide bonds. The average Bonchev–Trinajstić information content (AvgIpc) is 3.42. The number of piperazine rings is 1. The minimum absolute atomic E-state index is 0.00240. The van der Waals surface area contributed by atoms with Gasteiger partial charge in [-0.1, -0.05) is 13.8 Å². The van der Waals surface area contributed by atoms with E-state index in [1.807, 2.05) is 13.8 Å². The Morgan fingerprint density at radius 2 is 1.81 bits per heavy atom. The third-order valence-corrected chi connectivity index (χ3v) is 4.51. The quantitative estimate of drug-likeness (QED) is 0.310. The van der Waals surface area contributed by atoms with Gasteiger partial charge in [0.05, 0.1) is 13.1 Å². The first-order chi connectivity index (χ1) is 12.5. The first-order valence-corrected chi connectivity index (χ1v) is 9.82. The molecule has 2 rings (SSSR count). The van der Waals surface area contributed by atoms with Gasteiger partial charge in [-0.3, -0.25) is 19.5 Å². The summed E-state index contributed by atoms with van der Waals surface area (Å²) in [6, 6.07) is 0.424. The molecule has 0 aromatic heterocycles. The summed E-state index contributed by atoms with van der Waals surface area (Å²) >= 11 is 0. The van der Waals surface area contributed by atoms with E-state index in [0.717, 1.165) is 51.5 Å². The van der Waals surface area contributed by atoms with Crippen LogP contribution in [0.15, 0.2) is 4.99 Å². The second-order valence-corrected chi connectivity index (χ2v) is 7.29. The third kappa shape index (κ3) is 7.19. The standard InChI is InChI=1S/C18H34N6O2/c1-4-19-18(21-8-7-20-17(26)14(2)3)24-11-9-23(10-12-24)13-16(25)22-15-5-6-15/h14-15H,4-13H2,1-3H3,(H,19,21)(H,20,26)(H,22,25). The molecule has 26 heavy (non-hydrogen) atoms. The predicted octanol–water partition coefficient (Wildman–Crippen LogP) is -0.380. The van der Waals surface area contributed by atoms with Crippen LogP contribution in [0, 0.1) is 5.92 Å². The second kappa shape index (κ2) is 10.4. The first kappa shape index (κ1) is 20.5. The largest absolute Gasteiger partial charge is 0.357 e. The van der Waals surface area contributed by atoms with E-state index in [2.05, 4.69) is 37.7 Å². The van der Waals surface area contributed by atoms with Crippen molar-refractivity contribution in [2.24, 2.45) is 10.9 Å². The zero-order chi connectivity index (χ0) is 18.9. The highest BCUT2D eigenvalue weighted by Crippen LogP contribution is 2.18. The van der Waals surface area contributed by atoms with Crippen molar-refractivity contribution in [1.29, 1.82) is 0 Å². The van der Waals surface area contributed by atoms with Gasteiger partial charge in [-0.2, -0.15) is 0 Å². The molecule has 1 saturated heterocycles. The highest BCUT2D eigenvalue weighted by molar-refractivity contribution is 5.81. The Hall–Kier alpha value is -1.83. The molecule has 0 bridgehead atoms. The Bertz CT molecular complexity index is 496. The molecule has 0 atom stereocenters. The van der Waals surface area contributed by atoms with Gasteiger partial charge in [-0.15, -0.1) is 0 Å². The van der Waals surface area contributed by atoms with E-state index in [-0.39, 0.29) is 17.7 Å². The molecule has 2 aliphatic rings.